The van der Waals surface area contributed by atoms with Crippen molar-refractivity contribution in [1.29, 1.82) is 0 Å². The first-order valence-electron chi connectivity index (χ1n) is 6.33. The standard InChI is InChI=1S/C14H17N3O2S/c1-15-7-6-14(18)17-12-4-2-3-5-13(12)19-8-11-9-20-10-16-11/h2-5,9-10,15H,6-8H2,1H3,(H,17,18). The number of thiazole rings is 1. The fourth-order valence-corrected chi connectivity index (χ4v) is 2.15. The van der Waals surface area contributed by atoms with E-state index in [2.05, 4.69) is 15.6 Å². The molecule has 2 aromatic rings. The molecule has 0 fully saturated rings. The van der Waals surface area contributed by atoms with Gasteiger partial charge in [0.15, 0.2) is 0 Å². The lowest BCUT2D eigenvalue weighted by Gasteiger charge is -2.11. The fourth-order valence-electron chi connectivity index (χ4n) is 1.61. The molecule has 0 spiro atoms. The first kappa shape index (κ1) is 14.5. The average molecular weight is 291 g/mol. The van der Waals surface area contributed by atoms with Crippen molar-refractivity contribution in [3.8, 4) is 5.75 Å². The Morgan fingerprint density at radius 1 is 1.40 bits per heavy atom. The Morgan fingerprint density at radius 2 is 2.25 bits per heavy atom. The summed E-state index contributed by atoms with van der Waals surface area (Å²) in [5.41, 5.74) is 3.33. The molecule has 1 aromatic heterocycles. The van der Waals surface area contributed by atoms with E-state index in [0.29, 0.717) is 31.0 Å². The number of para-hydroxylation sites is 2. The Kier molecular flexibility index (Phi) is 5.52. The number of aromatic nitrogens is 1. The minimum Gasteiger partial charge on any atom is -0.485 e. The summed E-state index contributed by atoms with van der Waals surface area (Å²) in [6.07, 6.45) is 0.428. The lowest BCUT2D eigenvalue weighted by atomic mass is 10.2. The van der Waals surface area contributed by atoms with Crippen molar-refractivity contribution in [2.75, 3.05) is 18.9 Å². The third-order valence-corrected chi connectivity index (χ3v) is 3.26. The lowest BCUT2D eigenvalue weighted by Crippen LogP contribution is -2.19. The molecule has 1 aromatic carbocycles. The van der Waals surface area contributed by atoms with Gasteiger partial charge in [-0.1, -0.05) is 12.1 Å². The highest BCUT2D eigenvalue weighted by Crippen LogP contribution is 2.24. The molecule has 2 rings (SSSR count). The van der Waals surface area contributed by atoms with Gasteiger partial charge in [-0.2, -0.15) is 0 Å². The van der Waals surface area contributed by atoms with Gasteiger partial charge in [0.05, 0.1) is 16.9 Å². The number of carbonyl (C=O) groups is 1. The summed E-state index contributed by atoms with van der Waals surface area (Å²) in [7, 11) is 1.82. The second-order valence-corrected chi connectivity index (χ2v) is 4.89. The predicted molar refractivity (Wildman–Crippen MR) is 80.1 cm³/mol. The number of benzene rings is 1. The Bertz CT molecular complexity index is 543. The molecule has 6 heteroatoms. The summed E-state index contributed by atoms with van der Waals surface area (Å²) < 4.78 is 5.70. The van der Waals surface area contributed by atoms with Crippen LogP contribution in [0.1, 0.15) is 12.1 Å². The van der Waals surface area contributed by atoms with Gasteiger partial charge in [-0.3, -0.25) is 4.79 Å². The molecule has 0 unspecified atom stereocenters. The van der Waals surface area contributed by atoms with Gasteiger partial charge in [0, 0.05) is 18.3 Å². The smallest absolute Gasteiger partial charge is 0.225 e. The number of carbonyl (C=O) groups excluding carboxylic acids is 1. The van der Waals surface area contributed by atoms with Gasteiger partial charge in [0.2, 0.25) is 5.91 Å². The highest BCUT2D eigenvalue weighted by atomic mass is 32.1. The zero-order valence-corrected chi connectivity index (χ0v) is 12.1. The van der Waals surface area contributed by atoms with Crippen molar-refractivity contribution < 1.29 is 9.53 Å². The third kappa shape index (κ3) is 4.32. The number of hydrogen-bond acceptors (Lipinski definition) is 5. The minimum absolute atomic E-state index is 0.0379. The number of anilines is 1. The summed E-state index contributed by atoms with van der Waals surface area (Å²) >= 11 is 1.53. The van der Waals surface area contributed by atoms with Gasteiger partial charge in [-0.05, 0) is 19.2 Å². The number of nitrogens with zero attached hydrogens (tertiary/aromatic N) is 1. The minimum atomic E-state index is -0.0379. The molecule has 20 heavy (non-hydrogen) atoms. The maximum Gasteiger partial charge on any atom is 0.225 e. The number of nitrogens with one attached hydrogen (secondary N) is 2. The summed E-state index contributed by atoms with van der Waals surface area (Å²) in [5.74, 6) is 0.613. The molecule has 0 aliphatic rings. The molecule has 0 aliphatic heterocycles. The molecule has 0 radical (unpaired) electrons. The Hall–Kier alpha value is -1.92. The number of ether oxygens (including phenoxy) is 1. The highest BCUT2D eigenvalue weighted by Gasteiger charge is 2.07. The number of rotatable bonds is 7. The van der Waals surface area contributed by atoms with Gasteiger partial charge >= 0.3 is 0 Å². The Morgan fingerprint density at radius 3 is 3.00 bits per heavy atom. The van der Waals surface area contributed by atoms with E-state index in [-0.39, 0.29) is 5.91 Å². The Balaban J connectivity index is 1.96. The van der Waals surface area contributed by atoms with Crippen LogP contribution in [0.15, 0.2) is 35.2 Å². The zero-order chi connectivity index (χ0) is 14.2. The molecule has 5 nitrogen and oxygen atoms in total. The second-order valence-electron chi connectivity index (χ2n) is 4.17. The van der Waals surface area contributed by atoms with Crippen molar-refractivity contribution in [3.63, 3.8) is 0 Å². The van der Waals surface area contributed by atoms with Crippen LogP contribution in [0, 0.1) is 0 Å². The molecular formula is C14H17N3O2S. The van der Waals surface area contributed by atoms with Crippen LogP contribution in [-0.2, 0) is 11.4 Å². The molecule has 0 atom stereocenters. The van der Waals surface area contributed by atoms with E-state index in [0.717, 1.165) is 5.69 Å². The van der Waals surface area contributed by atoms with E-state index in [1.165, 1.54) is 11.3 Å². The molecule has 2 N–H and O–H groups in total. The molecule has 0 saturated heterocycles. The van der Waals surface area contributed by atoms with Gasteiger partial charge < -0.3 is 15.4 Å². The topological polar surface area (TPSA) is 63.2 Å². The quantitative estimate of drug-likeness (QED) is 0.821. The summed E-state index contributed by atoms with van der Waals surface area (Å²) in [6, 6.07) is 7.40. The SMILES string of the molecule is CNCCC(=O)Nc1ccccc1OCc1cscn1. The lowest BCUT2D eigenvalue weighted by molar-refractivity contribution is -0.116. The molecular weight excluding hydrogens is 274 g/mol. The number of amides is 1. The van der Waals surface area contributed by atoms with Crippen LogP contribution in [0.25, 0.3) is 0 Å². The van der Waals surface area contributed by atoms with Crippen molar-refractivity contribution >= 4 is 22.9 Å². The monoisotopic (exact) mass is 291 g/mol. The van der Waals surface area contributed by atoms with Crippen molar-refractivity contribution in [2.45, 2.75) is 13.0 Å². The molecule has 0 saturated carbocycles. The first-order valence-corrected chi connectivity index (χ1v) is 7.27. The van der Waals surface area contributed by atoms with Gasteiger partial charge in [-0.25, -0.2) is 4.98 Å². The van der Waals surface area contributed by atoms with Gasteiger partial charge in [-0.15, -0.1) is 11.3 Å². The van der Waals surface area contributed by atoms with Crippen LogP contribution in [0.4, 0.5) is 5.69 Å². The molecule has 1 heterocycles. The maximum absolute atomic E-state index is 11.7. The zero-order valence-electron chi connectivity index (χ0n) is 11.3. The Labute approximate surface area is 122 Å². The van der Waals surface area contributed by atoms with Crippen LogP contribution >= 0.6 is 11.3 Å². The van der Waals surface area contributed by atoms with E-state index < -0.39 is 0 Å². The van der Waals surface area contributed by atoms with Crippen LogP contribution < -0.4 is 15.4 Å². The maximum atomic E-state index is 11.7. The predicted octanol–water partition coefficient (Wildman–Crippen LogP) is 2.27. The third-order valence-electron chi connectivity index (χ3n) is 2.62. The van der Waals surface area contributed by atoms with E-state index in [1.807, 2.05) is 36.7 Å². The second kappa shape index (κ2) is 7.62. The van der Waals surface area contributed by atoms with Gasteiger partial charge in [0.25, 0.3) is 0 Å². The van der Waals surface area contributed by atoms with E-state index in [1.54, 1.807) is 5.51 Å². The van der Waals surface area contributed by atoms with Crippen molar-refractivity contribution in [3.05, 3.63) is 40.8 Å². The van der Waals surface area contributed by atoms with E-state index >= 15 is 0 Å². The molecule has 1 amide bonds. The highest BCUT2D eigenvalue weighted by molar-refractivity contribution is 7.07. The summed E-state index contributed by atoms with van der Waals surface area (Å²) in [5, 5.41) is 7.74. The molecule has 0 aliphatic carbocycles. The normalized spacial score (nSPS) is 10.2. The van der Waals surface area contributed by atoms with E-state index in [9.17, 15) is 4.79 Å². The number of hydrogen-bond donors (Lipinski definition) is 2. The molecule has 106 valence electrons. The summed E-state index contributed by atoms with van der Waals surface area (Å²) in [6.45, 7) is 1.04. The van der Waals surface area contributed by atoms with Crippen molar-refractivity contribution in [1.82, 2.24) is 10.3 Å². The largest absolute Gasteiger partial charge is 0.485 e. The average Bonchev–Trinajstić information content (AvgIpc) is 2.97. The van der Waals surface area contributed by atoms with Gasteiger partial charge in [0.1, 0.15) is 12.4 Å². The van der Waals surface area contributed by atoms with Crippen LogP contribution in [-0.4, -0.2) is 24.5 Å². The first-order chi connectivity index (χ1) is 9.79. The van der Waals surface area contributed by atoms with Crippen LogP contribution in [0.3, 0.4) is 0 Å². The summed E-state index contributed by atoms with van der Waals surface area (Å²) in [4.78, 5) is 15.9. The molecule has 0 bridgehead atoms. The van der Waals surface area contributed by atoms with Crippen molar-refractivity contribution in [2.24, 2.45) is 0 Å². The fraction of sp³-hybridized carbons (Fsp3) is 0.286. The van der Waals surface area contributed by atoms with Crippen LogP contribution in [0.5, 0.6) is 5.75 Å². The van der Waals surface area contributed by atoms with E-state index in [4.69, 9.17) is 4.74 Å². The van der Waals surface area contributed by atoms with Crippen LogP contribution in [0.2, 0.25) is 0 Å².